The molecule has 7 nitrogen and oxygen atoms in total. The molecule has 3 atom stereocenters. The summed E-state index contributed by atoms with van der Waals surface area (Å²) in [6.45, 7) is 1.99. The molecule has 3 amide bonds. The molecule has 1 aromatic carbocycles. The van der Waals surface area contributed by atoms with Gasteiger partial charge < -0.3 is 10.3 Å². The van der Waals surface area contributed by atoms with Crippen molar-refractivity contribution in [1.82, 2.24) is 20.2 Å². The Morgan fingerprint density at radius 1 is 1.22 bits per heavy atom. The van der Waals surface area contributed by atoms with Crippen molar-refractivity contribution < 1.29 is 14.4 Å². The van der Waals surface area contributed by atoms with Crippen LogP contribution in [0.15, 0.2) is 36.4 Å². The van der Waals surface area contributed by atoms with Gasteiger partial charge in [-0.15, -0.1) is 0 Å². The van der Waals surface area contributed by atoms with Crippen LogP contribution in [0.2, 0.25) is 0 Å². The number of benzene rings is 1. The smallest absolute Gasteiger partial charge is 0.243 e. The van der Waals surface area contributed by atoms with Crippen LogP contribution < -0.4 is 5.32 Å². The summed E-state index contributed by atoms with van der Waals surface area (Å²) >= 11 is 0. The van der Waals surface area contributed by atoms with Crippen LogP contribution in [-0.2, 0) is 20.8 Å². The second kappa shape index (κ2) is 6.98. The van der Waals surface area contributed by atoms with Crippen molar-refractivity contribution in [3.05, 3.63) is 42.2 Å². The molecule has 1 aliphatic carbocycles. The van der Waals surface area contributed by atoms with E-state index in [1.807, 2.05) is 36.4 Å². The lowest BCUT2D eigenvalue weighted by Crippen LogP contribution is -2.48. The van der Waals surface area contributed by atoms with Crippen molar-refractivity contribution >= 4 is 28.8 Å². The highest BCUT2D eigenvalue weighted by Crippen LogP contribution is 2.36. The molecule has 2 N–H and O–H groups in total. The van der Waals surface area contributed by atoms with Gasteiger partial charge in [-0.2, -0.15) is 0 Å². The normalized spacial score (nSPS) is 22.9. The number of allylic oxidation sites excluding steroid dienone is 2. The summed E-state index contributed by atoms with van der Waals surface area (Å²) in [6.07, 6.45) is 5.57. The van der Waals surface area contributed by atoms with E-state index in [4.69, 9.17) is 0 Å². The molecule has 1 aliphatic heterocycles. The van der Waals surface area contributed by atoms with Crippen LogP contribution in [-0.4, -0.2) is 45.2 Å². The minimum absolute atomic E-state index is 0.228. The zero-order valence-electron chi connectivity index (χ0n) is 15.1. The van der Waals surface area contributed by atoms with Crippen molar-refractivity contribution in [2.75, 3.05) is 6.54 Å². The maximum Gasteiger partial charge on any atom is 0.243 e. The lowest BCUT2D eigenvalue weighted by Gasteiger charge is -2.22. The van der Waals surface area contributed by atoms with Gasteiger partial charge in [-0.3, -0.25) is 19.3 Å². The van der Waals surface area contributed by atoms with Crippen molar-refractivity contribution in [3.8, 4) is 0 Å². The van der Waals surface area contributed by atoms with Gasteiger partial charge in [0.05, 0.1) is 22.9 Å². The van der Waals surface area contributed by atoms with Crippen LogP contribution in [0.5, 0.6) is 0 Å². The van der Waals surface area contributed by atoms with E-state index in [-0.39, 0.29) is 29.6 Å². The monoisotopic (exact) mass is 366 g/mol. The molecule has 27 heavy (non-hydrogen) atoms. The molecular formula is C20H22N4O3. The molecule has 2 heterocycles. The number of H-pyrrole nitrogens is 1. The van der Waals surface area contributed by atoms with Crippen LogP contribution in [0, 0.1) is 11.8 Å². The highest BCUT2D eigenvalue weighted by atomic mass is 16.2. The number of nitrogens with one attached hydrogen (secondary N) is 2. The van der Waals surface area contributed by atoms with Gasteiger partial charge in [-0.05, 0) is 31.9 Å². The second-order valence-electron chi connectivity index (χ2n) is 7.12. The van der Waals surface area contributed by atoms with E-state index in [2.05, 4.69) is 15.3 Å². The molecule has 1 saturated heterocycles. The second-order valence-corrected chi connectivity index (χ2v) is 7.12. The zero-order chi connectivity index (χ0) is 19.0. The summed E-state index contributed by atoms with van der Waals surface area (Å²) in [6, 6.07) is 6.94. The molecule has 2 aliphatic rings. The summed E-state index contributed by atoms with van der Waals surface area (Å²) in [7, 11) is 0. The van der Waals surface area contributed by atoms with E-state index in [1.165, 1.54) is 0 Å². The standard InChI is InChI=1S/C20H22N4O3/c1-12(24-19(26)13-6-2-3-7-14(13)20(24)27)18(25)21-11-10-17-22-15-8-4-5-9-16(15)23-17/h2-5,8-9,12-14H,6-7,10-11H2,1H3,(H,21,25)(H,22,23)/t12-,13-,14+/m0/s1. The topological polar surface area (TPSA) is 95.2 Å². The van der Waals surface area contributed by atoms with Gasteiger partial charge in [0, 0.05) is 13.0 Å². The molecule has 0 spiro atoms. The predicted octanol–water partition coefficient (Wildman–Crippen LogP) is 1.56. The lowest BCUT2D eigenvalue weighted by molar-refractivity contribution is -0.147. The first-order chi connectivity index (χ1) is 13.1. The summed E-state index contributed by atoms with van der Waals surface area (Å²) < 4.78 is 0. The Bertz CT molecular complexity index is 873. The molecule has 2 aromatic rings. The first kappa shape index (κ1) is 17.5. The highest BCUT2D eigenvalue weighted by molar-refractivity contribution is 6.08. The van der Waals surface area contributed by atoms with E-state index in [1.54, 1.807) is 6.92 Å². The number of imidazole rings is 1. The van der Waals surface area contributed by atoms with Crippen molar-refractivity contribution in [2.45, 2.75) is 32.2 Å². The van der Waals surface area contributed by atoms with E-state index in [0.717, 1.165) is 21.8 Å². The zero-order valence-corrected chi connectivity index (χ0v) is 15.1. The fourth-order valence-corrected chi connectivity index (χ4v) is 3.90. The summed E-state index contributed by atoms with van der Waals surface area (Å²) in [5.74, 6) is -0.612. The number of likely N-dealkylation sites (tertiary alicyclic amines) is 1. The van der Waals surface area contributed by atoms with Gasteiger partial charge in [-0.1, -0.05) is 24.3 Å². The van der Waals surface area contributed by atoms with Crippen LogP contribution in [0.4, 0.5) is 0 Å². The van der Waals surface area contributed by atoms with Crippen LogP contribution in [0.25, 0.3) is 11.0 Å². The van der Waals surface area contributed by atoms with E-state index in [9.17, 15) is 14.4 Å². The molecule has 1 aromatic heterocycles. The minimum Gasteiger partial charge on any atom is -0.354 e. The van der Waals surface area contributed by atoms with Gasteiger partial charge in [0.15, 0.2) is 0 Å². The van der Waals surface area contributed by atoms with Crippen molar-refractivity contribution in [1.29, 1.82) is 0 Å². The summed E-state index contributed by atoms with van der Waals surface area (Å²) in [5.41, 5.74) is 1.84. The average Bonchev–Trinajstić information content (AvgIpc) is 3.20. The van der Waals surface area contributed by atoms with Gasteiger partial charge in [0.1, 0.15) is 11.9 Å². The molecule has 0 saturated carbocycles. The SMILES string of the molecule is C[C@@H](C(=O)NCCc1nc2ccccc2[nH]1)N1C(=O)[C@H]2CC=CC[C@H]2C1=O. The molecule has 0 radical (unpaired) electrons. The van der Waals surface area contributed by atoms with Gasteiger partial charge in [0.2, 0.25) is 17.7 Å². The Morgan fingerprint density at radius 3 is 2.56 bits per heavy atom. The fourth-order valence-electron chi connectivity index (χ4n) is 3.90. The number of amides is 3. The third-order valence-corrected chi connectivity index (χ3v) is 5.41. The largest absolute Gasteiger partial charge is 0.354 e. The number of imide groups is 1. The maximum absolute atomic E-state index is 12.6. The van der Waals surface area contributed by atoms with Gasteiger partial charge in [-0.25, -0.2) is 4.98 Å². The number of para-hydroxylation sites is 2. The average molecular weight is 366 g/mol. The number of carbonyl (C=O) groups excluding carboxylic acids is 3. The van der Waals surface area contributed by atoms with Gasteiger partial charge >= 0.3 is 0 Å². The van der Waals surface area contributed by atoms with E-state index < -0.39 is 6.04 Å². The molecule has 1 fully saturated rings. The minimum atomic E-state index is -0.800. The third kappa shape index (κ3) is 3.13. The first-order valence-corrected chi connectivity index (χ1v) is 9.29. The van der Waals surface area contributed by atoms with Crippen molar-refractivity contribution in [3.63, 3.8) is 0 Å². The Kier molecular flexibility index (Phi) is 4.51. The molecular weight excluding hydrogens is 344 g/mol. The number of aromatic amines is 1. The third-order valence-electron chi connectivity index (χ3n) is 5.41. The van der Waals surface area contributed by atoms with Crippen LogP contribution in [0.3, 0.4) is 0 Å². The predicted molar refractivity (Wildman–Crippen MR) is 99.5 cm³/mol. The molecule has 140 valence electrons. The quantitative estimate of drug-likeness (QED) is 0.620. The number of hydrogen-bond acceptors (Lipinski definition) is 4. The first-order valence-electron chi connectivity index (χ1n) is 9.29. The van der Waals surface area contributed by atoms with E-state index in [0.29, 0.717) is 25.8 Å². The number of carbonyl (C=O) groups is 3. The molecule has 0 bridgehead atoms. The number of rotatable bonds is 5. The summed E-state index contributed by atoms with van der Waals surface area (Å²) in [4.78, 5) is 46.5. The number of aromatic nitrogens is 2. The number of nitrogens with zero attached hydrogens (tertiary/aromatic N) is 2. The Morgan fingerprint density at radius 2 is 1.89 bits per heavy atom. The number of fused-ring (bicyclic) bond motifs is 2. The van der Waals surface area contributed by atoms with E-state index >= 15 is 0 Å². The van der Waals surface area contributed by atoms with Crippen LogP contribution >= 0.6 is 0 Å². The number of hydrogen-bond donors (Lipinski definition) is 2. The molecule has 0 unspecified atom stereocenters. The lowest BCUT2D eigenvalue weighted by atomic mass is 9.85. The molecule has 7 heteroatoms. The molecule has 4 rings (SSSR count). The Balaban J connectivity index is 1.35. The van der Waals surface area contributed by atoms with Crippen LogP contribution in [0.1, 0.15) is 25.6 Å². The van der Waals surface area contributed by atoms with Crippen molar-refractivity contribution in [2.24, 2.45) is 11.8 Å². The Labute approximate surface area is 156 Å². The highest BCUT2D eigenvalue weighted by Gasteiger charge is 2.49. The summed E-state index contributed by atoms with van der Waals surface area (Å²) in [5, 5.41) is 2.81. The maximum atomic E-state index is 12.6. The van der Waals surface area contributed by atoms with Gasteiger partial charge in [0.25, 0.3) is 0 Å². The Hall–Kier alpha value is -2.96. The fraction of sp³-hybridized carbons (Fsp3) is 0.400.